The highest BCUT2D eigenvalue weighted by Gasteiger charge is 2.12. The summed E-state index contributed by atoms with van der Waals surface area (Å²) in [4.78, 5) is 0. The Kier molecular flexibility index (Phi) is 4.81. The van der Waals surface area contributed by atoms with E-state index in [9.17, 15) is 4.39 Å². The molecule has 0 spiro atoms. The van der Waals surface area contributed by atoms with E-state index in [2.05, 4.69) is 0 Å². The van der Waals surface area contributed by atoms with Gasteiger partial charge in [0.05, 0.1) is 7.11 Å². The standard InChI is InChI=1S/C17H20FNO2/c1-11-7-8-15(14(9-11)12(2)19)21-10-13-5-4-6-16(20-3)17(13)18/h4-9,12H,10,19H2,1-3H3/t12-/m0/s1. The van der Waals surface area contributed by atoms with Gasteiger partial charge in [-0.15, -0.1) is 0 Å². The van der Waals surface area contributed by atoms with E-state index in [4.69, 9.17) is 15.2 Å². The highest BCUT2D eigenvalue weighted by molar-refractivity contribution is 5.39. The van der Waals surface area contributed by atoms with E-state index in [1.807, 2.05) is 32.0 Å². The fourth-order valence-corrected chi connectivity index (χ4v) is 2.14. The summed E-state index contributed by atoms with van der Waals surface area (Å²) in [6, 6.07) is 10.7. The molecular weight excluding hydrogens is 269 g/mol. The van der Waals surface area contributed by atoms with Crippen LogP contribution in [0.25, 0.3) is 0 Å². The molecule has 0 unspecified atom stereocenters. The molecule has 21 heavy (non-hydrogen) atoms. The minimum atomic E-state index is -0.394. The number of rotatable bonds is 5. The molecule has 112 valence electrons. The van der Waals surface area contributed by atoms with E-state index in [-0.39, 0.29) is 18.4 Å². The van der Waals surface area contributed by atoms with Crippen LogP contribution in [0.15, 0.2) is 36.4 Å². The van der Waals surface area contributed by atoms with Crippen molar-refractivity contribution >= 4 is 0 Å². The Balaban J connectivity index is 2.21. The number of benzene rings is 2. The van der Waals surface area contributed by atoms with Gasteiger partial charge in [-0.05, 0) is 26.0 Å². The van der Waals surface area contributed by atoms with Gasteiger partial charge < -0.3 is 15.2 Å². The van der Waals surface area contributed by atoms with E-state index < -0.39 is 5.82 Å². The molecule has 2 aromatic rings. The molecule has 0 heterocycles. The number of ether oxygens (including phenoxy) is 2. The molecule has 0 aliphatic carbocycles. The van der Waals surface area contributed by atoms with Crippen LogP contribution in [-0.4, -0.2) is 7.11 Å². The second-order valence-electron chi connectivity index (χ2n) is 5.05. The lowest BCUT2D eigenvalue weighted by Crippen LogP contribution is -2.09. The normalized spacial score (nSPS) is 12.0. The minimum Gasteiger partial charge on any atom is -0.494 e. The second kappa shape index (κ2) is 6.59. The van der Waals surface area contributed by atoms with E-state index in [0.717, 1.165) is 11.1 Å². The van der Waals surface area contributed by atoms with Gasteiger partial charge >= 0.3 is 0 Å². The van der Waals surface area contributed by atoms with Gasteiger partial charge in [0, 0.05) is 17.2 Å². The quantitative estimate of drug-likeness (QED) is 0.912. The monoisotopic (exact) mass is 289 g/mol. The maximum absolute atomic E-state index is 14.1. The molecule has 2 N–H and O–H groups in total. The first kappa shape index (κ1) is 15.3. The molecule has 2 rings (SSSR count). The predicted octanol–water partition coefficient (Wildman–Crippen LogP) is 3.74. The minimum absolute atomic E-state index is 0.131. The van der Waals surface area contributed by atoms with Gasteiger partial charge in [-0.25, -0.2) is 4.39 Å². The Morgan fingerprint density at radius 1 is 1.19 bits per heavy atom. The fraction of sp³-hybridized carbons (Fsp3) is 0.294. The Bertz CT molecular complexity index is 626. The van der Waals surface area contributed by atoms with Gasteiger partial charge in [-0.1, -0.05) is 29.8 Å². The van der Waals surface area contributed by atoms with Crippen LogP contribution in [0.3, 0.4) is 0 Å². The third-order valence-electron chi connectivity index (χ3n) is 3.30. The topological polar surface area (TPSA) is 44.5 Å². The van der Waals surface area contributed by atoms with Gasteiger partial charge in [0.15, 0.2) is 11.6 Å². The molecule has 0 aromatic heterocycles. The van der Waals surface area contributed by atoms with Crippen molar-refractivity contribution in [2.45, 2.75) is 26.5 Å². The predicted molar refractivity (Wildman–Crippen MR) is 81.1 cm³/mol. The molecule has 0 saturated carbocycles. The van der Waals surface area contributed by atoms with Crippen LogP contribution in [0.4, 0.5) is 4.39 Å². The van der Waals surface area contributed by atoms with Crippen molar-refractivity contribution < 1.29 is 13.9 Å². The molecule has 3 nitrogen and oxygen atoms in total. The Labute approximate surface area is 124 Å². The third-order valence-corrected chi connectivity index (χ3v) is 3.30. The van der Waals surface area contributed by atoms with Crippen LogP contribution < -0.4 is 15.2 Å². The van der Waals surface area contributed by atoms with Crippen LogP contribution in [0.1, 0.15) is 29.7 Å². The summed E-state index contributed by atoms with van der Waals surface area (Å²) >= 11 is 0. The van der Waals surface area contributed by atoms with Crippen LogP contribution in [0.2, 0.25) is 0 Å². The van der Waals surface area contributed by atoms with Crippen LogP contribution in [-0.2, 0) is 6.61 Å². The zero-order chi connectivity index (χ0) is 15.4. The zero-order valence-corrected chi connectivity index (χ0v) is 12.5. The molecule has 0 saturated heterocycles. The van der Waals surface area contributed by atoms with Gasteiger partial charge in [-0.3, -0.25) is 0 Å². The van der Waals surface area contributed by atoms with Crippen molar-refractivity contribution in [3.05, 3.63) is 58.9 Å². The SMILES string of the molecule is COc1cccc(COc2ccc(C)cc2[C@H](C)N)c1F. The summed E-state index contributed by atoms with van der Waals surface area (Å²) < 4.78 is 24.8. The summed E-state index contributed by atoms with van der Waals surface area (Å²) in [5, 5.41) is 0. The largest absolute Gasteiger partial charge is 0.494 e. The maximum Gasteiger partial charge on any atom is 0.171 e. The van der Waals surface area contributed by atoms with E-state index in [0.29, 0.717) is 11.3 Å². The molecule has 4 heteroatoms. The summed E-state index contributed by atoms with van der Waals surface area (Å²) in [5.74, 6) is 0.500. The summed E-state index contributed by atoms with van der Waals surface area (Å²) in [5.41, 5.74) is 8.43. The Hall–Kier alpha value is -2.07. The zero-order valence-electron chi connectivity index (χ0n) is 12.5. The van der Waals surface area contributed by atoms with Crippen LogP contribution in [0, 0.1) is 12.7 Å². The van der Waals surface area contributed by atoms with Gasteiger partial charge in [-0.2, -0.15) is 0 Å². The number of methoxy groups -OCH3 is 1. The third kappa shape index (κ3) is 3.52. The Morgan fingerprint density at radius 2 is 1.95 bits per heavy atom. The lowest BCUT2D eigenvalue weighted by molar-refractivity contribution is 0.291. The molecule has 0 fully saturated rings. The molecule has 0 aliphatic rings. The second-order valence-corrected chi connectivity index (χ2v) is 5.05. The van der Waals surface area contributed by atoms with E-state index in [1.54, 1.807) is 18.2 Å². The number of nitrogens with two attached hydrogens (primary N) is 1. The molecule has 0 radical (unpaired) electrons. The number of hydrogen-bond donors (Lipinski definition) is 1. The smallest absolute Gasteiger partial charge is 0.171 e. The summed E-state index contributed by atoms with van der Waals surface area (Å²) in [6.45, 7) is 4.02. The summed E-state index contributed by atoms with van der Waals surface area (Å²) in [7, 11) is 1.44. The average molecular weight is 289 g/mol. The maximum atomic E-state index is 14.1. The molecule has 1 atom stereocenters. The van der Waals surface area contributed by atoms with Crippen LogP contribution in [0.5, 0.6) is 11.5 Å². The van der Waals surface area contributed by atoms with Crippen molar-refractivity contribution in [3.8, 4) is 11.5 Å². The average Bonchev–Trinajstić information content (AvgIpc) is 2.47. The van der Waals surface area contributed by atoms with Crippen LogP contribution >= 0.6 is 0 Å². The fourth-order valence-electron chi connectivity index (χ4n) is 2.14. The Morgan fingerprint density at radius 3 is 2.62 bits per heavy atom. The first-order valence-corrected chi connectivity index (χ1v) is 6.83. The number of hydrogen-bond acceptors (Lipinski definition) is 3. The first-order chi connectivity index (χ1) is 10.0. The highest BCUT2D eigenvalue weighted by Crippen LogP contribution is 2.27. The molecule has 0 bridgehead atoms. The molecule has 0 aliphatic heterocycles. The van der Waals surface area contributed by atoms with Crippen molar-refractivity contribution in [3.63, 3.8) is 0 Å². The van der Waals surface area contributed by atoms with Crippen molar-refractivity contribution in [2.75, 3.05) is 7.11 Å². The lowest BCUT2D eigenvalue weighted by Gasteiger charge is -2.15. The van der Waals surface area contributed by atoms with Gasteiger partial charge in [0.1, 0.15) is 12.4 Å². The first-order valence-electron chi connectivity index (χ1n) is 6.83. The number of aryl methyl sites for hydroxylation is 1. The van der Waals surface area contributed by atoms with Crippen molar-refractivity contribution in [1.82, 2.24) is 0 Å². The number of halogens is 1. The van der Waals surface area contributed by atoms with Gasteiger partial charge in [0.25, 0.3) is 0 Å². The molecule has 0 amide bonds. The van der Waals surface area contributed by atoms with Crippen molar-refractivity contribution in [2.24, 2.45) is 5.73 Å². The molecule has 2 aromatic carbocycles. The highest BCUT2D eigenvalue weighted by atomic mass is 19.1. The van der Waals surface area contributed by atoms with Gasteiger partial charge in [0.2, 0.25) is 0 Å². The van der Waals surface area contributed by atoms with E-state index in [1.165, 1.54) is 7.11 Å². The molecular formula is C17H20FNO2. The van der Waals surface area contributed by atoms with Crippen molar-refractivity contribution in [1.29, 1.82) is 0 Å². The lowest BCUT2D eigenvalue weighted by atomic mass is 10.1. The van der Waals surface area contributed by atoms with E-state index >= 15 is 0 Å². The summed E-state index contributed by atoms with van der Waals surface area (Å²) in [6.07, 6.45) is 0.